The summed E-state index contributed by atoms with van der Waals surface area (Å²) in [6.07, 6.45) is 1.64. The molecule has 2 aromatic rings. The van der Waals surface area contributed by atoms with E-state index in [9.17, 15) is 9.59 Å². The number of aliphatic carboxylic acids is 1. The first-order chi connectivity index (χ1) is 11.0. The van der Waals surface area contributed by atoms with Gasteiger partial charge in [-0.15, -0.1) is 0 Å². The van der Waals surface area contributed by atoms with Crippen molar-refractivity contribution in [3.8, 4) is 5.75 Å². The van der Waals surface area contributed by atoms with Crippen LogP contribution in [0.2, 0.25) is 0 Å². The zero-order valence-electron chi connectivity index (χ0n) is 12.5. The molecular weight excluding hydrogens is 292 g/mol. The highest BCUT2D eigenvalue weighted by Gasteiger charge is 2.27. The lowest BCUT2D eigenvalue weighted by atomic mass is 10.0. The molecule has 0 fully saturated rings. The van der Waals surface area contributed by atoms with Gasteiger partial charge in [0.2, 0.25) is 5.78 Å². The fourth-order valence-electron chi connectivity index (χ4n) is 2.36. The molecule has 4 nitrogen and oxygen atoms in total. The van der Waals surface area contributed by atoms with Crippen LogP contribution in [0.1, 0.15) is 27.0 Å². The fourth-order valence-corrected chi connectivity index (χ4v) is 2.36. The molecule has 23 heavy (non-hydrogen) atoms. The third kappa shape index (κ3) is 2.79. The van der Waals surface area contributed by atoms with Crippen LogP contribution in [0.15, 0.2) is 54.8 Å². The number of fused-ring (bicyclic) bond motifs is 1. The Hall–Kier alpha value is -3.14. The first-order valence-electron chi connectivity index (χ1n) is 7.03. The number of carbonyl (C=O) groups is 2. The van der Waals surface area contributed by atoms with Gasteiger partial charge in [0.15, 0.2) is 5.76 Å². The van der Waals surface area contributed by atoms with E-state index in [1.165, 1.54) is 0 Å². The van der Waals surface area contributed by atoms with Crippen LogP contribution in [0, 0.1) is 6.92 Å². The molecule has 0 radical (unpaired) electrons. The smallest absolute Gasteiger partial charge is 0.335 e. The van der Waals surface area contributed by atoms with Gasteiger partial charge in [-0.05, 0) is 36.3 Å². The van der Waals surface area contributed by atoms with Crippen molar-refractivity contribution in [1.82, 2.24) is 0 Å². The summed E-state index contributed by atoms with van der Waals surface area (Å²) in [5, 5.41) is 8.92. The molecule has 0 unspecified atom stereocenters. The number of benzene rings is 2. The first kappa shape index (κ1) is 14.8. The van der Waals surface area contributed by atoms with Gasteiger partial charge in [0.1, 0.15) is 5.75 Å². The number of rotatable bonds is 3. The lowest BCUT2D eigenvalue weighted by molar-refractivity contribution is -0.130. The lowest BCUT2D eigenvalue weighted by Crippen LogP contribution is -1.99. The molecule has 0 saturated heterocycles. The number of carboxylic acid groups (broad SMARTS) is 1. The maximum Gasteiger partial charge on any atom is 0.335 e. The standard InChI is InChI=1S/C19H14O4/c1-11-3-8-16-15(9-11)18(20)17(23-16)10-13-4-6-14(7-5-13)12(2)19(21)22/h3-10H,2H2,1H3,(H,21,22). The van der Waals surface area contributed by atoms with E-state index in [-0.39, 0.29) is 17.1 Å². The van der Waals surface area contributed by atoms with E-state index in [0.717, 1.165) is 11.1 Å². The zero-order chi connectivity index (χ0) is 16.6. The number of allylic oxidation sites excluding steroid dienone is 1. The number of hydrogen-bond acceptors (Lipinski definition) is 3. The van der Waals surface area contributed by atoms with Crippen molar-refractivity contribution >= 4 is 23.4 Å². The van der Waals surface area contributed by atoms with Gasteiger partial charge in [-0.25, -0.2) is 4.79 Å². The predicted octanol–water partition coefficient (Wildman–Crippen LogP) is 3.71. The summed E-state index contributed by atoms with van der Waals surface area (Å²) in [6.45, 7) is 5.43. The second-order valence-corrected chi connectivity index (χ2v) is 5.35. The van der Waals surface area contributed by atoms with Gasteiger partial charge in [0.25, 0.3) is 0 Å². The molecule has 0 atom stereocenters. The largest absolute Gasteiger partial charge is 0.478 e. The molecule has 114 valence electrons. The molecular formula is C19H14O4. The van der Waals surface area contributed by atoms with E-state index < -0.39 is 5.97 Å². The second kappa shape index (κ2) is 5.57. The van der Waals surface area contributed by atoms with E-state index in [1.54, 1.807) is 42.5 Å². The van der Waals surface area contributed by atoms with E-state index in [2.05, 4.69) is 6.58 Å². The third-order valence-electron chi connectivity index (χ3n) is 3.64. The number of ketones is 1. The average Bonchev–Trinajstić information content (AvgIpc) is 2.83. The number of hydrogen-bond donors (Lipinski definition) is 1. The average molecular weight is 306 g/mol. The van der Waals surface area contributed by atoms with Gasteiger partial charge in [-0.2, -0.15) is 0 Å². The van der Waals surface area contributed by atoms with Crippen molar-refractivity contribution in [2.24, 2.45) is 0 Å². The van der Waals surface area contributed by atoms with Crippen LogP contribution < -0.4 is 4.74 Å². The summed E-state index contributed by atoms with van der Waals surface area (Å²) >= 11 is 0. The monoisotopic (exact) mass is 306 g/mol. The van der Waals surface area contributed by atoms with Crippen LogP contribution in [0.25, 0.3) is 11.6 Å². The van der Waals surface area contributed by atoms with Crippen molar-refractivity contribution in [3.05, 3.63) is 77.1 Å². The molecule has 1 heterocycles. The zero-order valence-corrected chi connectivity index (χ0v) is 12.5. The Morgan fingerprint density at radius 3 is 2.52 bits per heavy atom. The van der Waals surface area contributed by atoms with Gasteiger partial charge in [-0.1, -0.05) is 42.5 Å². The number of aryl methyl sites for hydroxylation is 1. The Morgan fingerprint density at radius 2 is 1.87 bits per heavy atom. The van der Waals surface area contributed by atoms with E-state index in [0.29, 0.717) is 16.9 Å². The maximum absolute atomic E-state index is 12.3. The van der Waals surface area contributed by atoms with Crippen molar-refractivity contribution < 1.29 is 19.4 Å². The van der Waals surface area contributed by atoms with Crippen molar-refractivity contribution in [2.75, 3.05) is 0 Å². The summed E-state index contributed by atoms with van der Waals surface area (Å²) in [5.74, 6) is -0.392. The predicted molar refractivity (Wildman–Crippen MR) is 87.2 cm³/mol. The van der Waals surface area contributed by atoms with Gasteiger partial charge in [-0.3, -0.25) is 4.79 Å². The minimum absolute atomic E-state index is 0.0280. The molecule has 4 heteroatoms. The molecule has 0 amide bonds. The van der Waals surface area contributed by atoms with Crippen molar-refractivity contribution in [2.45, 2.75) is 6.92 Å². The van der Waals surface area contributed by atoms with Crippen LogP contribution >= 0.6 is 0 Å². The molecule has 3 rings (SSSR count). The van der Waals surface area contributed by atoms with Gasteiger partial charge >= 0.3 is 5.97 Å². The first-order valence-corrected chi connectivity index (χ1v) is 7.03. The molecule has 0 bridgehead atoms. The topological polar surface area (TPSA) is 63.6 Å². The Balaban J connectivity index is 1.87. The molecule has 0 aromatic heterocycles. The molecule has 0 saturated carbocycles. The molecule has 1 aliphatic heterocycles. The summed E-state index contributed by atoms with van der Waals surface area (Å²) < 4.78 is 5.59. The number of carbonyl (C=O) groups excluding carboxylic acids is 1. The molecule has 1 N–H and O–H groups in total. The Bertz CT molecular complexity index is 857. The second-order valence-electron chi connectivity index (χ2n) is 5.35. The van der Waals surface area contributed by atoms with Crippen molar-refractivity contribution in [1.29, 1.82) is 0 Å². The van der Waals surface area contributed by atoms with Crippen molar-refractivity contribution in [3.63, 3.8) is 0 Å². The van der Waals surface area contributed by atoms with Crippen LogP contribution in [0.3, 0.4) is 0 Å². The van der Waals surface area contributed by atoms with E-state index in [4.69, 9.17) is 9.84 Å². The normalized spacial score (nSPS) is 14.5. The molecule has 0 aliphatic carbocycles. The van der Waals surface area contributed by atoms with Crippen LogP contribution in [-0.4, -0.2) is 16.9 Å². The highest BCUT2D eigenvalue weighted by molar-refractivity contribution is 6.15. The van der Waals surface area contributed by atoms with Crippen LogP contribution in [0.5, 0.6) is 5.75 Å². The fraction of sp³-hybridized carbons (Fsp3) is 0.0526. The highest BCUT2D eigenvalue weighted by Crippen LogP contribution is 2.32. The van der Waals surface area contributed by atoms with Gasteiger partial charge in [0.05, 0.1) is 11.1 Å². The highest BCUT2D eigenvalue weighted by atomic mass is 16.5. The quantitative estimate of drug-likeness (QED) is 0.878. The minimum Gasteiger partial charge on any atom is -0.478 e. The SMILES string of the molecule is C=C(C(=O)O)c1ccc(C=C2Oc3ccc(C)cc3C2=O)cc1. The maximum atomic E-state index is 12.3. The number of Topliss-reactive ketones (excluding diaryl/α,β-unsaturated/α-hetero) is 1. The minimum atomic E-state index is -1.06. The molecule has 1 aliphatic rings. The molecule has 0 spiro atoms. The number of carboxylic acids is 1. The van der Waals surface area contributed by atoms with E-state index >= 15 is 0 Å². The Morgan fingerprint density at radius 1 is 1.17 bits per heavy atom. The Kier molecular flexibility index (Phi) is 3.58. The summed E-state index contributed by atoms with van der Waals surface area (Å²) in [4.78, 5) is 23.2. The van der Waals surface area contributed by atoms with Gasteiger partial charge < -0.3 is 9.84 Å². The number of ether oxygens (including phenoxy) is 1. The third-order valence-corrected chi connectivity index (χ3v) is 3.64. The van der Waals surface area contributed by atoms with E-state index in [1.807, 2.05) is 13.0 Å². The van der Waals surface area contributed by atoms with Gasteiger partial charge in [0, 0.05) is 0 Å². The van der Waals surface area contributed by atoms with Crippen LogP contribution in [0.4, 0.5) is 0 Å². The lowest BCUT2D eigenvalue weighted by Gasteiger charge is -2.02. The summed E-state index contributed by atoms with van der Waals surface area (Å²) in [5.41, 5.74) is 2.86. The summed E-state index contributed by atoms with van der Waals surface area (Å²) in [7, 11) is 0. The Labute approximate surface area is 133 Å². The van der Waals surface area contributed by atoms with Crippen LogP contribution in [-0.2, 0) is 4.79 Å². The summed E-state index contributed by atoms with van der Waals surface area (Å²) in [6, 6.07) is 12.2. The molecule has 2 aromatic carbocycles.